The Morgan fingerprint density at radius 3 is 2.56 bits per heavy atom. The van der Waals surface area contributed by atoms with E-state index >= 15 is 0 Å². The molecule has 27 heavy (non-hydrogen) atoms. The third-order valence-corrected chi connectivity index (χ3v) is 4.90. The molecule has 4 aromatic rings. The van der Waals surface area contributed by atoms with Crippen LogP contribution in [0, 0.1) is 13.8 Å². The Labute approximate surface area is 165 Å². The van der Waals surface area contributed by atoms with E-state index in [4.69, 9.17) is 20.4 Å². The van der Waals surface area contributed by atoms with E-state index in [-0.39, 0.29) is 0 Å². The van der Waals surface area contributed by atoms with E-state index in [0.717, 1.165) is 22.3 Å². The van der Waals surface area contributed by atoms with Gasteiger partial charge in [-0.3, -0.25) is 0 Å². The van der Waals surface area contributed by atoms with Crippen molar-refractivity contribution in [3.63, 3.8) is 0 Å². The van der Waals surface area contributed by atoms with Crippen LogP contribution in [0.5, 0.6) is 0 Å². The number of benzene rings is 2. The highest BCUT2D eigenvalue weighted by atomic mass is 35.5. The number of hydrogen-bond acceptors (Lipinski definition) is 6. The SMILES string of the molecule is Cc1cc(C)cc(-c2nnc(SCc3ncc(-c4cccc(Cl)c4)o3)o2)c1. The lowest BCUT2D eigenvalue weighted by atomic mass is 10.1. The van der Waals surface area contributed by atoms with Gasteiger partial charge in [0, 0.05) is 16.1 Å². The number of oxazole rings is 1. The van der Waals surface area contributed by atoms with E-state index in [1.165, 1.54) is 11.8 Å². The Balaban J connectivity index is 1.45. The highest BCUT2D eigenvalue weighted by molar-refractivity contribution is 7.98. The molecular weight excluding hydrogens is 382 g/mol. The second-order valence-electron chi connectivity index (χ2n) is 6.17. The predicted octanol–water partition coefficient (Wildman–Crippen LogP) is 5.95. The molecule has 0 aliphatic rings. The van der Waals surface area contributed by atoms with Crippen molar-refractivity contribution in [2.45, 2.75) is 24.8 Å². The molecule has 0 saturated heterocycles. The normalized spacial score (nSPS) is 11.1. The summed E-state index contributed by atoms with van der Waals surface area (Å²) in [5, 5.41) is 9.38. The summed E-state index contributed by atoms with van der Waals surface area (Å²) in [5.74, 6) is 2.27. The van der Waals surface area contributed by atoms with Gasteiger partial charge in [0.05, 0.1) is 11.9 Å². The van der Waals surface area contributed by atoms with Crippen molar-refractivity contribution in [2.75, 3.05) is 0 Å². The molecule has 2 aromatic heterocycles. The molecular formula is C20H16ClN3O2S. The maximum atomic E-state index is 6.02. The second-order valence-corrected chi connectivity index (χ2v) is 7.53. The second kappa shape index (κ2) is 7.58. The van der Waals surface area contributed by atoms with Crippen LogP contribution >= 0.6 is 23.4 Å². The summed E-state index contributed by atoms with van der Waals surface area (Å²) in [5.41, 5.74) is 4.13. The molecule has 2 aromatic carbocycles. The van der Waals surface area contributed by atoms with E-state index in [0.29, 0.717) is 33.5 Å². The van der Waals surface area contributed by atoms with E-state index < -0.39 is 0 Å². The van der Waals surface area contributed by atoms with E-state index in [2.05, 4.69) is 21.2 Å². The smallest absolute Gasteiger partial charge is 0.277 e. The summed E-state index contributed by atoms with van der Waals surface area (Å²) in [6.45, 7) is 4.09. The fourth-order valence-electron chi connectivity index (χ4n) is 2.76. The average Bonchev–Trinajstić information content (AvgIpc) is 3.29. The summed E-state index contributed by atoms with van der Waals surface area (Å²) in [6.07, 6.45) is 1.69. The summed E-state index contributed by atoms with van der Waals surface area (Å²) in [7, 11) is 0. The Morgan fingerprint density at radius 1 is 0.963 bits per heavy atom. The van der Waals surface area contributed by atoms with Gasteiger partial charge in [-0.1, -0.05) is 52.7 Å². The van der Waals surface area contributed by atoms with Crippen LogP contribution in [0.1, 0.15) is 17.0 Å². The molecule has 0 aliphatic carbocycles. The molecule has 7 heteroatoms. The van der Waals surface area contributed by atoms with Crippen LogP contribution in [0.2, 0.25) is 5.02 Å². The van der Waals surface area contributed by atoms with Gasteiger partial charge in [-0.05, 0) is 38.1 Å². The van der Waals surface area contributed by atoms with Gasteiger partial charge in [0.2, 0.25) is 11.8 Å². The number of nitrogens with zero attached hydrogens (tertiary/aromatic N) is 3. The summed E-state index contributed by atoms with van der Waals surface area (Å²) < 4.78 is 11.6. The Bertz CT molecular complexity index is 1070. The standard InChI is InChI=1S/C20H16ClN3O2S/c1-12-6-13(2)8-15(7-12)19-23-24-20(26-19)27-11-18-22-10-17(25-18)14-4-3-5-16(21)9-14/h3-10H,11H2,1-2H3. The lowest BCUT2D eigenvalue weighted by Crippen LogP contribution is -1.82. The molecule has 0 amide bonds. The van der Waals surface area contributed by atoms with Gasteiger partial charge < -0.3 is 8.83 Å². The molecule has 0 radical (unpaired) electrons. The van der Waals surface area contributed by atoms with E-state index in [1.807, 2.05) is 50.2 Å². The van der Waals surface area contributed by atoms with Crippen LogP contribution in [-0.2, 0) is 5.75 Å². The minimum Gasteiger partial charge on any atom is -0.440 e. The van der Waals surface area contributed by atoms with Gasteiger partial charge >= 0.3 is 0 Å². The molecule has 0 fully saturated rings. The molecule has 5 nitrogen and oxygen atoms in total. The van der Waals surface area contributed by atoms with Gasteiger partial charge in [-0.2, -0.15) is 0 Å². The molecule has 0 saturated carbocycles. The van der Waals surface area contributed by atoms with Gasteiger partial charge in [0.1, 0.15) is 0 Å². The van der Waals surface area contributed by atoms with Crippen LogP contribution in [0.15, 0.2) is 62.7 Å². The number of thioether (sulfide) groups is 1. The topological polar surface area (TPSA) is 65.0 Å². The first-order chi connectivity index (χ1) is 13.1. The minimum absolute atomic E-state index is 0.478. The van der Waals surface area contributed by atoms with Crippen molar-refractivity contribution in [1.29, 1.82) is 0 Å². The zero-order valence-electron chi connectivity index (χ0n) is 14.8. The first kappa shape index (κ1) is 17.8. The Morgan fingerprint density at radius 2 is 1.78 bits per heavy atom. The summed E-state index contributed by atoms with van der Waals surface area (Å²) in [6, 6.07) is 13.6. The van der Waals surface area contributed by atoms with Crippen molar-refractivity contribution in [2.24, 2.45) is 0 Å². The maximum Gasteiger partial charge on any atom is 0.277 e. The van der Waals surface area contributed by atoms with Crippen LogP contribution in [0.3, 0.4) is 0 Å². The highest BCUT2D eigenvalue weighted by Crippen LogP contribution is 2.29. The minimum atomic E-state index is 0.478. The number of hydrogen-bond donors (Lipinski definition) is 0. The Kier molecular flexibility index (Phi) is 5.01. The molecule has 0 N–H and O–H groups in total. The lowest BCUT2D eigenvalue weighted by Gasteiger charge is -2.00. The fourth-order valence-corrected chi connectivity index (χ4v) is 3.57. The van der Waals surface area contributed by atoms with Gasteiger partial charge in [0.25, 0.3) is 5.22 Å². The van der Waals surface area contributed by atoms with Crippen molar-refractivity contribution < 1.29 is 8.83 Å². The van der Waals surface area contributed by atoms with Crippen LogP contribution < -0.4 is 0 Å². The van der Waals surface area contributed by atoms with Crippen LogP contribution in [0.25, 0.3) is 22.8 Å². The number of aryl methyl sites for hydroxylation is 2. The monoisotopic (exact) mass is 397 g/mol. The van der Waals surface area contributed by atoms with Crippen LogP contribution in [-0.4, -0.2) is 15.2 Å². The number of rotatable bonds is 5. The average molecular weight is 398 g/mol. The van der Waals surface area contributed by atoms with E-state index in [1.54, 1.807) is 6.20 Å². The molecule has 136 valence electrons. The third kappa shape index (κ3) is 4.23. The molecule has 2 heterocycles. The molecule has 0 bridgehead atoms. The Hall–Kier alpha value is -2.57. The molecule has 0 unspecified atom stereocenters. The highest BCUT2D eigenvalue weighted by Gasteiger charge is 2.12. The van der Waals surface area contributed by atoms with Crippen molar-refractivity contribution in [3.8, 4) is 22.8 Å². The van der Waals surface area contributed by atoms with Crippen molar-refractivity contribution in [3.05, 3.63) is 70.7 Å². The number of halogens is 1. The first-order valence-electron chi connectivity index (χ1n) is 8.32. The summed E-state index contributed by atoms with van der Waals surface area (Å²) >= 11 is 7.41. The molecule has 0 spiro atoms. The van der Waals surface area contributed by atoms with Crippen molar-refractivity contribution in [1.82, 2.24) is 15.2 Å². The van der Waals surface area contributed by atoms with Crippen molar-refractivity contribution >= 4 is 23.4 Å². The summed E-state index contributed by atoms with van der Waals surface area (Å²) in [4.78, 5) is 4.31. The third-order valence-electron chi connectivity index (χ3n) is 3.86. The zero-order valence-corrected chi connectivity index (χ0v) is 16.3. The van der Waals surface area contributed by atoms with Crippen LogP contribution in [0.4, 0.5) is 0 Å². The lowest BCUT2D eigenvalue weighted by molar-refractivity contribution is 0.464. The van der Waals surface area contributed by atoms with Gasteiger partial charge in [0.15, 0.2) is 5.76 Å². The fraction of sp³-hybridized carbons (Fsp3) is 0.150. The van der Waals surface area contributed by atoms with Gasteiger partial charge in [-0.15, -0.1) is 10.2 Å². The zero-order chi connectivity index (χ0) is 18.8. The maximum absolute atomic E-state index is 6.02. The van der Waals surface area contributed by atoms with E-state index in [9.17, 15) is 0 Å². The molecule has 0 atom stereocenters. The largest absolute Gasteiger partial charge is 0.440 e. The molecule has 4 rings (SSSR count). The molecule has 0 aliphatic heterocycles. The van der Waals surface area contributed by atoms with Gasteiger partial charge in [-0.25, -0.2) is 4.98 Å². The quantitative estimate of drug-likeness (QED) is 0.387. The predicted molar refractivity (Wildman–Crippen MR) is 106 cm³/mol. The first-order valence-corrected chi connectivity index (χ1v) is 9.69. The number of aromatic nitrogens is 3.